The van der Waals surface area contributed by atoms with Gasteiger partial charge in [-0.3, -0.25) is 4.79 Å². The average molecular weight is 194 g/mol. The van der Waals surface area contributed by atoms with Crippen molar-refractivity contribution >= 4 is 5.78 Å². The van der Waals surface area contributed by atoms with Gasteiger partial charge in [-0.1, -0.05) is 6.08 Å². The van der Waals surface area contributed by atoms with Gasteiger partial charge in [-0.15, -0.1) is 0 Å². The molecule has 0 aliphatic heterocycles. The van der Waals surface area contributed by atoms with Crippen LogP contribution in [0.4, 0.5) is 4.39 Å². The Labute approximate surface area is 82.0 Å². The summed E-state index contributed by atoms with van der Waals surface area (Å²) in [4.78, 5) is 11.4. The molecule has 0 radical (unpaired) electrons. The fourth-order valence-electron chi connectivity index (χ4n) is 1.11. The van der Waals surface area contributed by atoms with Gasteiger partial charge >= 0.3 is 0 Å². The SMILES string of the molecule is C/C=C/C(=O)c1cc(F)ccc1OC. The number of rotatable bonds is 3. The zero-order valence-electron chi connectivity index (χ0n) is 8.08. The van der Waals surface area contributed by atoms with Crippen molar-refractivity contribution < 1.29 is 13.9 Å². The molecule has 0 aliphatic carbocycles. The molecular weight excluding hydrogens is 183 g/mol. The lowest BCUT2D eigenvalue weighted by atomic mass is 10.1. The number of benzene rings is 1. The minimum Gasteiger partial charge on any atom is -0.496 e. The summed E-state index contributed by atoms with van der Waals surface area (Å²) in [5.74, 6) is -0.322. The Morgan fingerprint density at radius 3 is 2.79 bits per heavy atom. The maximum atomic E-state index is 12.9. The van der Waals surface area contributed by atoms with Gasteiger partial charge in [-0.05, 0) is 31.2 Å². The molecule has 1 aromatic rings. The predicted molar refractivity (Wildman–Crippen MR) is 52.1 cm³/mol. The van der Waals surface area contributed by atoms with Gasteiger partial charge in [0.05, 0.1) is 12.7 Å². The third-order valence-corrected chi connectivity index (χ3v) is 1.75. The summed E-state index contributed by atoms with van der Waals surface area (Å²) in [5, 5.41) is 0. The molecule has 74 valence electrons. The van der Waals surface area contributed by atoms with E-state index in [9.17, 15) is 9.18 Å². The van der Waals surface area contributed by atoms with Gasteiger partial charge in [-0.25, -0.2) is 4.39 Å². The van der Waals surface area contributed by atoms with Crippen LogP contribution in [0.15, 0.2) is 30.4 Å². The van der Waals surface area contributed by atoms with E-state index >= 15 is 0 Å². The molecule has 0 amide bonds. The Balaban J connectivity index is 3.16. The molecule has 0 unspecified atom stereocenters. The Morgan fingerprint density at radius 2 is 2.21 bits per heavy atom. The first-order chi connectivity index (χ1) is 6.69. The van der Waals surface area contributed by atoms with Crippen LogP contribution in [0.3, 0.4) is 0 Å². The highest BCUT2D eigenvalue weighted by atomic mass is 19.1. The van der Waals surface area contributed by atoms with Crippen LogP contribution in [0.25, 0.3) is 0 Å². The Kier molecular flexibility index (Phi) is 3.40. The molecule has 0 aromatic heterocycles. The summed E-state index contributed by atoms with van der Waals surface area (Å²) >= 11 is 0. The lowest BCUT2D eigenvalue weighted by Gasteiger charge is -2.04. The van der Waals surface area contributed by atoms with Gasteiger partial charge in [0.1, 0.15) is 11.6 Å². The number of ketones is 1. The Morgan fingerprint density at radius 1 is 1.50 bits per heavy atom. The van der Waals surface area contributed by atoms with Crippen molar-refractivity contribution in [1.82, 2.24) is 0 Å². The number of carbonyl (C=O) groups is 1. The fraction of sp³-hybridized carbons (Fsp3) is 0.182. The maximum absolute atomic E-state index is 12.9. The number of halogens is 1. The third kappa shape index (κ3) is 2.19. The van der Waals surface area contributed by atoms with E-state index in [1.165, 1.54) is 31.4 Å². The number of ether oxygens (including phenoxy) is 1. The van der Waals surface area contributed by atoms with E-state index in [1.54, 1.807) is 13.0 Å². The van der Waals surface area contributed by atoms with E-state index in [4.69, 9.17) is 4.74 Å². The zero-order chi connectivity index (χ0) is 10.6. The van der Waals surface area contributed by atoms with Gasteiger partial charge in [0.25, 0.3) is 0 Å². The van der Waals surface area contributed by atoms with Crippen molar-refractivity contribution in [2.75, 3.05) is 7.11 Å². The molecule has 0 fully saturated rings. The van der Waals surface area contributed by atoms with Gasteiger partial charge in [0.2, 0.25) is 0 Å². The quantitative estimate of drug-likeness (QED) is 0.546. The molecule has 0 saturated carbocycles. The van der Waals surface area contributed by atoms with Crippen molar-refractivity contribution in [2.24, 2.45) is 0 Å². The molecule has 0 saturated heterocycles. The standard InChI is InChI=1S/C11H11FO2/c1-3-4-10(13)9-7-8(12)5-6-11(9)14-2/h3-7H,1-2H3/b4-3+. The van der Waals surface area contributed by atoms with Crippen LogP contribution < -0.4 is 4.74 Å². The average Bonchev–Trinajstić information content (AvgIpc) is 2.18. The second-order valence-corrected chi connectivity index (χ2v) is 2.71. The van der Waals surface area contributed by atoms with Crippen molar-refractivity contribution in [2.45, 2.75) is 6.92 Å². The topological polar surface area (TPSA) is 26.3 Å². The molecule has 2 nitrogen and oxygen atoms in total. The van der Waals surface area contributed by atoms with Crippen LogP contribution in [0.1, 0.15) is 17.3 Å². The van der Waals surface area contributed by atoms with E-state index in [2.05, 4.69) is 0 Å². The normalized spacial score (nSPS) is 10.5. The highest BCUT2D eigenvalue weighted by Gasteiger charge is 2.09. The molecule has 0 bridgehead atoms. The van der Waals surface area contributed by atoms with Crippen molar-refractivity contribution in [3.8, 4) is 5.75 Å². The largest absolute Gasteiger partial charge is 0.496 e. The van der Waals surface area contributed by atoms with E-state index in [-0.39, 0.29) is 11.3 Å². The Bertz CT molecular complexity index is 370. The molecule has 3 heteroatoms. The molecule has 0 spiro atoms. The fourth-order valence-corrected chi connectivity index (χ4v) is 1.11. The second kappa shape index (κ2) is 4.56. The molecule has 0 N–H and O–H groups in total. The van der Waals surface area contributed by atoms with E-state index in [0.29, 0.717) is 5.75 Å². The number of allylic oxidation sites excluding steroid dienone is 2. The Hall–Kier alpha value is -1.64. The van der Waals surface area contributed by atoms with Crippen LogP contribution >= 0.6 is 0 Å². The monoisotopic (exact) mass is 194 g/mol. The first-order valence-corrected chi connectivity index (χ1v) is 4.19. The number of methoxy groups -OCH3 is 1. The number of carbonyl (C=O) groups excluding carboxylic acids is 1. The number of hydrogen-bond donors (Lipinski definition) is 0. The van der Waals surface area contributed by atoms with Crippen molar-refractivity contribution in [3.63, 3.8) is 0 Å². The zero-order valence-corrected chi connectivity index (χ0v) is 8.08. The van der Waals surface area contributed by atoms with Crippen LogP contribution in [-0.2, 0) is 0 Å². The number of hydrogen-bond acceptors (Lipinski definition) is 2. The molecule has 0 atom stereocenters. The van der Waals surface area contributed by atoms with Gasteiger partial charge in [0, 0.05) is 0 Å². The van der Waals surface area contributed by atoms with Gasteiger partial charge in [-0.2, -0.15) is 0 Å². The summed E-state index contributed by atoms with van der Waals surface area (Å²) in [7, 11) is 1.44. The van der Waals surface area contributed by atoms with Crippen LogP contribution in [0.5, 0.6) is 5.75 Å². The smallest absolute Gasteiger partial charge is 0.189 e. The molecule has 0 aliphatic rings. The summed E-state index contributed by atoms with van der Waals surface area (Å²) in [6, 6.07) is 3.86. The summed E-state index contributed by atoms with van der Waals surface area (Å²) in [6.07, 6.45) is 2.98. The highest BCUT2D eigenvalue weighted by molar-refractivity contribution is 6.06. The summed E-state index contributed by atoms with van der Waals surface area (Å²) in [5.41, 5.74) is 0.241. The molecule has 0 heterocycles. The molecule has 1 rings (SSSR count). The van der Waals surface area contributed by atoms with E-state index in [0.717, 1.165) is 0 Å². The van der Waals surface area contributed by atoms with Crippen LogP contribution in [0.2, 0.25) is 0 Å². The van der Waals surface area contributed by atoms with Crippen LogP contribution in [0, 0.1) is 5.82 Å². The maximum Gasteiger partial charge on any atom is 0.189 e. The van der Waals surface area contributed by atoms with Crippen molar-refractivity contribution in [1.29, 1.82) is 0 Å². The first-order valence-electron chi connectivity index (χ1n) is 4.19. The highest BCUT2D eigenvalue weighted by Crippen LogP contribution is 2.20. The lowest BCUT2D eigenvalue weighted by Crippen LogP contribution is -1.99. The minimum absolute atomic E-state index is 0.241. The molecule has 14 heavy (non-hydrogen) atoms. The molecule has 1 aromatic carbocycles. The summed E-state index contributed by atoms with van der Waals surface area (Å²) in [6.45, 7) is 1.73. The second-order valence-electron chi connectivity index (χ2n) is 2.71. The minimum atomic E-state index is -0.446. The third-order valence-electron chi connectivity index (χ3n) is 1.75. The van der Waals surface area contributed by atoms with Crippen molar-refractivity contribution in [3.05, 3.63) is 41.7 Å². The lowest BCUT2D eigenvalue weighted by molar-refractivity contribution is 0.104. The van der Waals surface area contributed by atoms with Gasteiger partial charge in [0.15, 0.2) is 5.78 Å². The summed E-state index contributed by atoms with van der Waals surface area (Å²) < 4.78 is 17.8. The molecular formula is C11H11FO2. The van der Waals surface area contributed by atoms with E-state index < -0.39 is 5.82 Å². The first kappa shape index (κ1) is 10.4. The van der Waals surface area contributed by atoms with E-state index in [1.807, 2.05) is 0 Å². The van der Waals surface area contributed by atoms with Gasteiger partial charge < -0.3 is 4.74 Å². The van der Waals surface area contributed by atoms with Crippen LogP contribution in [-0.4, -0.2) is 12.9 Å². The predicted octanol–water partition coefficient (Wildman–Crippen LogP) is 2.59.